The number of ether oxygens (including phenoxy) is 2. The first-order valence-corrected chi connectivity index (χ1v) is 5.74. The van der Waals surface area contributed by atoms with Gasteiger partial charge in [-0.25, -0.2) is 0 Å². The Morgan fingerprint density at radius 1 is 1.42 bits per heavy atom. The van der Waals surface area contributed by atoms with Crippen molar-refractivity contribution < 1.29 is 19.1 Å². The lowest BCUT2D eigenvalue weighted by molar-refractivity contribution is -0.140. The maximum Gasteiger partial charge on any atom is 0.307 e. The number of hydrogen-bond donors (Lipinski definition) is 2. The summed E-state index contributed by atoms with van der Waals surface area (Å²) in [6, 6.07) is 0. The Kier molecular flexibility index (Phi) is 5.80. The minimum atomic E-state index is -0.382. The molecule has 1 amide bonds. The van der Waals surface area contributed by atoms with E-state index in [0.717, 1.165) is 0 Å². The molecule has 0 atom stereocenters. The number of aromatic amines is 1. The maximum absolute atomic E-state index is 12.2. The van der Waals surface area contributed by atoms with Crippen LogP contribution in [0.3, 0.4) is 0 Å². The second-order valence-corrected chi connectivity index (χ2v) is 3.81. The van der Waals surface area contributed by atoms with E-state index in [0.29, 0.717) is 13.2 Å². The number of hydrogen-bond acceptors (Lipinski definition) is 6. The van der Waals surface area contributed by atoms with E-state index in [1.807, 2.05) is 0 Å². The molecule has 3 N–H and O–H groups in total. The van der Waals surface area contributed by atoms with Gasteiger partial charge in [0, 0.05) is 20.2 Å². The van der Waals surface area contributed by atoms with Crippen LogP contribution < -0.4 is 5.73 Å². The van der Waals surface area contributed by atoms with Crippen LogP contribution in [-0.2, 0) is 14.3 Å². The molecule has 0 fully saturated rings. The van der Waals surface area contributed by atoms with Crippen LogP contribution in [0.2, 0.25) is 0 Å². The third-order valence-corrected chi connectivity index (χ3v) is 2.55. The Bertz CT molecular complexity index is 432. The van der Waals surface area contributed by atoms with Gasteiger partial charge in [-0.1, -0.05) is 0 Å². The van der Waals surface area contributed by atoms with Crippen molar-refractivity contribution in [2.75, 3.05) is 39.6 Å². The number of H-pyrrole nitrogens is 1. The summed E-state index contributed by atoms with van der Waals surface area (Å²) in [5.41, 5.74) is 6.10. The molecule has 0 spiro atoms. The van der Waals surface area contributed by atoms with E-state index in [2.05, 4.69) is 14.9 Å². The Balaban J connectivity index is 2.70. The number of nitrogen functional groups attached to an aromatic ring is 1. The van der Waals surface area contributed by atoms with Gasteiger partial charge >= 0.3 is 5.97 Å². The quantitative estimate of drug-likeness (QED) is 0.655. The Hall–Kier alpha value is -2.09. The van der Waals surface area contributed by atoms with Crippen molar-refractivity contribution in [2.45, 2.75) is 6.42 Å². The average molecular weight is 270 g/mol. The van der Waals surface area contributed by atoms with Gasteiger partial charge in [0.05, 0.1) is 32.0 Å². The molecular weight excluding hydrogens is 252 g/mol. The largest absolute Gasteiger partial charge is 0.469 e. The fraction of sp³-hybridized carbons (Fsp3) is 0.545. The van der Waals surface area contributed by atoms with Crippen LogP contribution in [0.1, 0.15) is 16.9 Å². The van der Waals surface area contributed by atoms with E-state index >= 15 is 0 Å². The summed E-state index contributed by atoms with van der Waals surface area (Å²) >= 11 is 0. The number of nitrogens with one attached hydrogen (secondary N) is 1. The Morgan fingerprint density at radius 2 is 2.16 bits per heavy atom. The molecular formula is C11H18N4O4. The number of rotatable bonds is 7. The van der Waals surface area contributed by atoms with Crippen LogP contribution in [0.4, 0.5) is 5.69 Å². The first kappa shape index (κ1) is 15.0. The predicted molar refractivity (Wildman–Crippen MR) is 67.4 cm³/mol. The van der Waals surface area contributed by atoms with Crippen LogP contribution in [0, 0.1) is 0 Å². The zero-order valence-corrected chi connectivity index (χ0v) is 11.0. The molecule has 0 unspecified atom stereocenters. The number of amides is 1. The van der Waals surface area contributed by atoms with Crippen LogP contribution >= 0.6 is 0 Å². The summed E-state index contributed by atoms with van der Waals surface area (Å²) in [6.07, 6.45) is 1.47. The van der Waals surface area contributed by atoms with Crippen molar-refractivity contribution in [2.24, 2.45) is 0 Å². The van der Waals surface area contributed by atoms with Gasteiger partial charge in [0.1, 0.15) is 5.69 Å². The summed E-state index contributed by atoms with van der Waals surface area (Å²) in [6.45, 7) is 0.944. The van der Waals surface area contributed by atoms with Crippen molar-refractivity contribution in [1.29, 1.82) is 0 Å². The number of nitrogens with zero attached hydrogens (tertiary/aromatic N) is 2. The van der Waals surface area contributed by atoms with Crippen molar-refractivity contribution >= 4 is 17.6 Å². The van der Waals surface area contributed by atoms with Crippen molar-refractivity contribution in [1.82, 2.24) is 15.1 Å². The average Bonchev–Trinajstić information content (AvgIpc) is 2.84. The highest BCUT2D eigenvalue weighted by Gasteiger charge is 2.20. The zero-order chi connectivity index (χ0) is 14.3. The highest BCUT2D eigenvalue weighted by Crippen LogP contribution is 2.10. The Morgan fingerprint density at radius 3 is 2.68 bits per heavy atom. The second-order valence-electron chi connectivity index (χ2n) is 3.81. The molecule has 0 aromatic carbocycles. The smallest absolute Gasteiger partial charge is 0.307 e. The van der Waals surface area contributed by atoms with E-state index in [-0.39, 0.29) is 36.2 Å². The molecule has 106 valence electrons. The first-order chi connectivity index (χ1) is 9.10. The molecule has 0 aliphatic heterocycles. The summed E-state index contributed by atoms with van der Waals surface area (Å²) < 4.78 is 9.48. The van der Waals surface area contributed by atoms with Crippen LogP contribution in [0.5, 0.6) is 0 Å². The highest BCUT2D eigenvalue weighted by molar-refractivity contribution is 5.97. The topological polar surface area (TPSA) is 111 Å². The Labute approximate surface area is 110 Å². The SMILES string of the molecule is COCCN(CCC(=O)OC)C(=O)c1[nH]ncc1N. The van der Waals surface area contributed by atoms with E-state index in [1.54, 1.807) is 0 Å². The predicted octanol–water partition coefficient (Wildman–Crippen LogP) is -0.356. The minimum absolute atomic E-state index is 0.111. The third kappa shape index (κ3) is 4.25. The molecule has 0 radical (unpaired) electrons. The summed E-state index contributed by atoms with van der Waals surface area (Å²) in [7, 11) is 2.84. The molecule has 0 bridgehead atoms. The van der Waals surface area contributed by atoms with Gasteiger partial charge < -0.3 is 20.1 Å². The van der Waals surface area contributed by atoms with Crippen molar-refractivity contribution in [3.05, 3.63) is 11.9 Å². The third-order valence-electron chi connectivity index (χ3n) is 2.55. The molecule has 1 rings (SSSR count). The van der Waals surface area contributed by atoms with E-state index in [1.165, 1.54) is 25.3 Å². The molecule has 1 aromatic heterocycles. The molecule has 0 saturated heterocycles. The van der Waals surface area contributed by atoms with Crippen LogP contribution in [0.15, 0.2) is 6.20 Å². The minimum Gasteiger partial charge on any atom is -0.469 e. The van der Waals surface area contributed by atoms with Gasteiger partial charge in [0.2, 0.25) is 0 Å². The van der Waals surface area contributed by atoms with E-state index in [4.69, 9.17) is 10.5 Å². The van der Waals surface area contributed by atoms with E-state index < -0.39 is 0 Å². The number of carbonyl (C=O) groups excluding carboxylic acids is 2. The highest BCUT2D eigenvalue weighted by atomic mass is 16.5. The molecule has 0 aliphatic rings. The zero-order valence-electron chi connectivity index (χ0n) is 11.0. The van der Waals surface area contributed by atoms with Crippen LogP contribution in [-0.4, -0.2) is 60.9 Å². The molecule has 1 aromatic rings. The fourth-order valence-electron chi connectivity index (χ4n) is 1.47. The standard InChI is InChI=1S/C11H18N4O4/c1-18-6-5-15(4-3-9(16)19-2)11(17)10-8(12)7-13-14-10/h7H,3-6,12H2,1-2H3,(H,13,14). The molecule has 1 heterocycles. The number of carbonyl (C=O) groups is 2. The summed E-state index contributed by atoms with van der Waals surface area (Å²) in [4.78, 5) is 24.8. The van der Waals surface area contributed by atoms with Gasteiger partial charge in [0.15, 0.2) is 0 Å². The van der Waals surface area contributed by atoms with Gasteiger partial charge in [-0.05, 0) is 0 Å². The van der Waals surface area contributed by atoms with Crippen molar-refractivity contribution in [3.63, 3.8) is 0 Å². The normalized spacial score (nSPS) is 10.2. The van der Waals surface area contributed by atoms with Crippen LogP contribution in [0.25, 0.3) is 0 Å². The second kappa shape index (κ2) is 7.37. The lowest BCUT2D eigenvalue weighted by Crippen LogP contribution is -2.36. The molecule has 8 heteroatoms. The monoisotopic (exact) mass is 270 g/mol. The first-order valence-electron chi connectivity index (χ1n) is 5.74. The van der Waals surface area contributed by atoms with Gasteiger partial charge in [-0.3, -0.25) is 14.7 Å². The maximum atomic E-state index is 12.2. The van der Waals surface area contributed by atoms with Gasteiger partial charge in [-0.2, -0.15) is 5.10 Å². The lowest BCUT2D eigenvalue weighted by Gasteiger charge is -2.21. The molecule has 8 nitrogen and oxygen atoms in total. The lowest BCUT2D eigenvalue weighted by atomic mass is 10.3. The molecule has 19 heavy (non-hydrogen) atoms. The summed E-state index contributed by atoms with van der Waals surface area (Å²) in [5, 5.41) is 6.24. The van der Waals surface area contributed by atoms with E-state index in [9.17, 15) is 9.59 Å². The molecule has 0 aliphatic carbocycles. The fourth-order valence-corrected chi connectivity index (χ4v) is 1.47. The number of anilines is 1. The number of methoxy groups -OCH3 is 2. The van der Waals surface area contributed by atoms with Gasteiger partial charge in [-0.15, -0.1) is 0 Å². The number of nitrogens with two attached hydrogens (primary N) is 1. The number of aromatic nitrogens is 2. The van der Waals surface area contributed by atoms with Crippen molar-refractivity contribution in [3.8, 4) is 0 Å². The number of esters is 1. The molecule has 0 saturated carbocycles. The summed E-state index contributed by atoms with van der Waals surface area (Å²) in [5.74, 6) is -0.705. The van der Waals surface area contributed by atoms with Gasteiger partial charge in [0.25, 0.3) is 5.91 Å².